The summed E-state index contributed by atoms with van der Waals surface area (Å²) in [6, 6.07) is 38.9. The quantitative estimate of drug-likeness (QED) is 0.166. The molecule has 4 nitrogen and oxygen atoms in total. The molecule has 8 rings (SSSR count). The minimum absolute atomic E-state index is 0. The van der Waals surface area contributed by atoms with Gasteiger partial charge in [0.05, 0.1) is 11.4 Å². The van der Waals surface area contributed by atoms with Gasteiger partial charge in [0, 0.05) is 17.6 Å². The van der Waals surface area contributed by atoms with E-state index >= 15 is 0 Å². The van der Waals surface area contributed by atoms with Crippen LogP contribution in [0.2, 0.25) is 0 Å². The maximum atomic E-state index is 4.22. The molecule has 0 N–H and O–H groups in total. The summed E-state index contributed by atoms with van der Waals surface area (Å²) in [6.07, 6.45) is 4.18. The van der Waals surface area contributed by atoms with Gasteiger partial charge < -0.3 is 19.7 Å². The summed E-state index contributed by atoms with van der Waals surface area (Å²) in [4.78, 5) is 11.3. The van der Waals surface area contributed by atoms with E-state index in [0.717, 1.165) is 16.9 Å². The van der Waals surface area contributed by atoms with Crippen LogP contribution in [0, 0.1) is 18.8 Å². The third-order valence-corrected chi connectivity index (χ3v) is 10.2. The second-order valence-corrected chi connectivity index (χ2v) is 15.4. The van der Waals surface area contributed by atoms with E-state index in [-0.39, 0.29) is 36.4 Å². The van der Waals surface area contributed by atoms with Crippen LogP contribution in [0.25, 0.3) is 11.3 Å². The Morgan fingerprint density at radius 1 is 0.771 bits per heavy atom. The molecule has 0 fully saturated rings. The molecule has 0 spiro atoms. The van der Waals surface area contributed by atoms with Crippen molar-refractivity contribution >= 4 is 34.1 Å². The maximum absolute atomic E-state index is 4.22. The molecule has 2 aliphatic heterocycles. The van der Waals surface area contributed by atoms with Gasteiger partial charge in [-0.25, -0.2) is 0 Å². The van der Waals surface area contributed by atoms with Gasteiger partial charge in [0.1, 0.15) is 0 Å². The van der Waals surface area contributed by atoms with Crippen molar-refractivity contribution in [2.45, 2.75) is 77.6 Å². The summed E-state index contributed by atoms with van der Waals surface area (Å²) in [6.45, 7) is 18.6. The number of fused-ring (bicyclic) bond motifs is 3. The standard InChI is InChI=1S/C32H37N3.C11H8N.Ir/c1-30(2,3)21-12-14-22(15-13-21)34-20-35-28-19-24-23(31(4,5)16-17-32(24,6)7)18-27(28)33(8)25-10-9-11-26(34)29(25)35;1-2-6-10(7-3-1)11-8-4-5-9-12-11;/h9-15,18,20H,16-17H2,1-8H3;1-6,8-9H;/q-2;-1;+3. The van der Waals surface area contributed by atoms with E-state index in [0.29, 0.717) is 0 Å². The van der Waals surface area contributed by atoms with Crippen molar-refractivity contribution in [1.29, 1.82) is 0 Å². The average Bonchev–Trinajstić information content (AvgIpc) is 3.47. The van der Waals surface area contributed by atoms with E-state index in [1.807, 2.05) is 42.5 Å². The second kappa shape index (κ2) is 12.5. The molecular weight excluding hydrogens is 765 g/mol. The molecule has 0 amide bonds. The molecule has 0 atom stereocenters. The number of benzene rings is 4. The van der Waals surface area contributed by atoms with E-state index in [2.05, 4.69) is 143 Å². The van der Waals surface area contributed by atoms with Gasteiger partial charge in [-0.05, 0) is 71.6 Å². The van der Waals surface area contributed by atoms with Crippen molar-refractivity contribution in [2.24, 2.45) is 0 Å². The molecule has 0 saturated carbocycles. The average molecular weight is 810 g/mol. The van der Waals surface area contributed by atoms with E-state index < -0.39 is 0 Å². The number of aromatic nitrogens is 1. The maximum Gasteiger partial charge on any atom is 3.00 e. The predicted molar refractivity (Wildman–Crippen MR) is 197 cm³/mol. The van der Waals surface area contributed by atoms with Gasteiger partial charge >= 0.3 is 20.1 Å². The van der Waals surface area contributed by atoms with Crippen LogP contribution < -0.4 is 14.7 Å². The largest absolute Gasteiger partial charge is 3.00 e. The Kier molecular flexibility index (Phi) is 8.85. The zero-order valence-electron chi connectivity index (χ0n) is 29.4. The summed E-state index contributed by atoms with van der Waals surface area (Å²) in [5, 5.41) is 0. The fraction of sp³-hybridized carbons (Fsp3) is 0.302. The normalized spacial score (nSPS) is 16.5. The first-order valence-corrected chi connectivity index (χ1v) is 16.8. The smallest absolute Gasteiger partial charge is 0.490 e. The molecule has 5 heteroatoms. The van der Waals surface area contributed by atoms with Crippen LogP contribution in [0.1, 0.15) is 78.0 Å². The van der Waals surface area contributed by atoms with Gasteiger partial charge in [-0.2, -0.15) is 11.6 Å². The number of hydrogen-bond acceptors (Lipinski definition) is 4. The summed E-state index contributed by atoms with van der Waals surface area (Å²) in [5.74, 6) is 0. The third-order valence-electron chi connectivity index (χ3n) is 10.2. The Labute approximate surface area is 301 Å². The first-order valence-electron chi connectivity index (χ1n) is 16.8. The van der Waals surface area contributed by atoms with Gasteiger partial charge in [0.2, 0.25) is 0 Å². The number of para-hydroxylation sites is 1. The molecule has 48 heavy (non-hydrogen) atoms. The summed E-state index contributed by atoms with van der Waals surface area (Å²) >= 11 is 0. The summed E-state index contributed by atoms with van der Waals surface area (Å²) in [5.41, 5.74) is 13.9. The zero-order valence-corrected chi connectivity index (χ0v) is 31.7. The predicted octanol–water partition coefficient (Wildman–Crippen LogP) is 11.2. The van der Waals surface area contributed by atoms with Crippen LogP contribution >= 0.6 is 0 Å². The Morgan fingerprint density at radius 2 is 1.48 bits per heavy atom. The SMILES string of the molecule is CN1c2cc3c([c-]c2N2[CH-]N(c4ccc(C(C)(C)C)cc4)c4cccc1c42)C(C)(C)CCC3(C)C.[Ir+3].[c-]1ccccc1-c1ccccn1. The number of pyridine rings is 1. The molecule has 0 saturated heterocycles. The molecule has 0 radical (unpaired) electrons. The van der Waals surface area contributed by atoms with Gasteiger partial charge in [0.15, 0.2) is 0 Å². The molecule has 0 unspecified atom stereocenters. The van der Waals surface area contributed by atoms with Crippen molar-refractivity contribution in [3.63, 3.8) is 0 Å². The first kappa shape index (κ1) is 34.0. The van der Waals surface area contributed by atoms with Crippen molar-refractivity contribution in [3.05, 3.63) is 133 Å². The molecule has 0 bridgehead atoms. The molecule has 1 aliphatic carbocycles. The molecule has 3 aliphatic rings. The topological polar surface area (TPSA) is 22.6 Å². The second-order valence-electron chi connectivity index (χ2n) is 15.4. The minimum atomic E-state index is 0. The first-order chi connectivity index (χ1) is 22.3. The van der Waals surface area contributed by atoms with Crippen LogP contribution in [-0.4, -0.2) is 12.0 Å². The summed E-state index contributed by atoms with van der Waals surface area (Å²) < 4.78 is 0. The van der Waals surface area contributed by atoms with Crippen molar-refractivity contribution < 1.29 is 20.1 Å². The van der Waals surface area contributed by atoms with Crippen molar-refractivity contribution in [2.75, 3.05) is 21.7 Å². The van der Waals surface area contributed by atoms with Gasteiger partial charge in [-0.15, -0.1) is 54.2 Å². The van der Waals surface area contributed by atoms with E-state index in [1.54, 1.807) is 6.20 Å². The fourth-order valence-corrected chi connectivity index (χ4v) is 7.09. The Hall–Kier alpha value is -3.92. The van der Waals surface area contributed by atoms with E-state index in [1.165, 1.54) is 58.0 Å². The third kappa shape index (κ3) is 5.97. The van der Waals surface area contributed by atoms with Crippen LogP contribution in [0.4, 0.5) is 34.1 Å². The number of nitrogens with zero attached hydrogens (tertiary/aromatic N) is 4. The molecule has 3 heterocycles. The van der Waals surface area contributed by atoms with E-state index in [4.69, 9.17) is 0 Å². The van der Waals surface area contributed by atoms with Crippen LogP contribution in [0.3, 0.4) is 0 Å². The van der Waals surface area contributed by atoms with E-state index in [9.17, 15) is 0 Å². The molecule has 4 aromatic carbocycles. The van der Waals surface area contributed by atoms with Crippen molar-refractivity contribution in [1.82, 2.24) is 4.98 Å². The molecule has 5 aromatic rings. The Balaban J connectivity index is 0.000000260. The van der Waals surface area contributed by atoms with Crippen molar-refractivity contribution in [3.8, 4) is 11.3 Å². The zero-order chi connectivity index (χ0) is 33.1. The monoisotopic (exact) mass is 810 g/mol. The Morgan fingerprint density at radius 3 is 2.15 bits per heavy atom. The van der Waals surface area contributed by atoms with Crippen LogP contribution in [0.5, 0.6) is 0 Å². The van der Waals surface area contributed by atoms with Gasteiger partial charge in [0.25, 0.3) is 0 Å². The fourth-order valence-electron chi connectivity index (χ4n) is 7.09. The molecule has 246 valence electrons. The van der Waals surface area contributed by atoms with Gasteiger partial charge in [-0.1, -0.05) is 96.3 Å². The van der Waals surface area contributed by atoms with Crippen LogP contribution in [-0.2, 0) is 36.4 Å². The minimum Gasteiger partial charge on any atom is -0.490 e. The number of hydrogen-bond donors (Lipinski definition) is 0. The van der Waals surface area contributed by atoms with Crippen LogP contribution in [0.15, 0.2) is 97.2 Å². The van der Waals surface area contributed by atoms with Gasteiger partial charge in [-0.3, -0.25) is 0 Å². The number of anilines is 6. The Bertz CT molecular complexity index is 1870. The molecule has 1 aromatic heterocycles. The number of rotatable bonds is 2. The molecular formula is C43H45IrN4. The summed E-state index contributed by atoms with van der Waals surface area (Å²) in [7, 11) is 2.20.